The normalized spacial score (nSPS) is 11.4. The topological polar surface area (TPSA) is 26.3 Å². The lowest BCUT2D eigenvalue weighted by Gasteiger charge is -2.09. The van der Waals surface area contributed by atoms with Gasteiger partial charge in [-0.05, 0) is 6.42 Å². The van der Waals surface area contributed by atoms with Crippen molar-refractivity contribution in [3.63, 3.8) is 0 Å². The number of carbonyl (C=O) groups excluding carboxylic acids is 1. The van der Waals surface area contributed by atoms with Gasteiger partial charge in [0.2, 0.25) is 0 Å². The van der Waals surface area contributed by atoms with Gasteiger partial charge in [-0.1, -0.05) is 54.6 Å². The zero-order valence-corrected chi connectivity index (χ0v) is 10.5. The molecule has 0 fully saturated rings. The highest BCUT2D eigenvalue weighted by Gasteiger charge is 2.21. The maximum Gasteiger partial charge on any atom is 0.305 e. The lowest BCUT2D eigenvalue weighted by atomic mass is 10.3. The van der Waals surface area contributed by atoms with E-state index in [0.717, 1.165) is 19.3 Å². The highest BCUT2D eigenvalue weighted by atomic mass is 35.6. The molecule has 0 unspecified atom stereocenters. The highest BCUT2D eigenvalue weighted by Crippen LogP contribution is 2.31. The minimum atomic E-state index is -1.36. The average Bonchev–Trinajstić information content (AvgIpc) is 2.08. The summed E-state index contributed by atoms with van der Waals surface area (Å²) in [6.45, 7) is 2.55. The average molecular weight is 262 g/mol. The van der Waals surface area contributed by atoms with Crippen LogP contribution in [0.15, 0.2) is 0 Å². The predicted molar refractivity (Wildman–Crippen MR) is 60.0 cm³/mol. The number of halogens is 3. The lowest BCUT2D eigenvalue weighted by Crippen LogP contribution is -2.10. The molecule has 14 heavy (non-hydrogen) atoms. The Hall–Kier alpha value is 0.340. The van der Waals surface area contributed by atoms with Crippen molar-refractivity contribution in [3.8, 4) is 0 Å². The molecular formula is C9H15Cl3O2. The smallest absolute Gasteiger partial charge is 0.305 e. The molecule has 0 spiro atoms. The molecule has 0 aromatic carbocycles. The molecule has 0 atom stereocenters. The number of carbonyl (C=O) groups is 1. The summed E-state index contributed by atoms with van der Waals surface area (Å²) in [4.78, 5) is 11.1. The maximum absolute atomic E-state index is 11.1. The molecule has 0 aromatic rings. The fourth-order valence-corrected chi connectivity index (χ4v) is 1.14. The Morgan fingerprint density at radius 2 is 1.93 bits per heavy atom. The quantitative estimate of drug-likeness (QED) is 0.412. The number of esters is 1. The number of unbranched alkanes of at least 4 members (excludes halogenated alkanes) is 2. The molecule has 0 saturated carbocycles. The summed E-state index contributed by atoms with van der Waals surface area (Å²) < 4.78 is 3.57. The first-order chi connectivity index (χ1) is 6.45. The van der Waals surface area contributed by atoms with Crippen LogP contribution in [0.3, 0.4) is 0 Å². The Morgan fingerprint density at radius 1 is 1.29 bits per heavy atom. The molecule has 0 rings (SSSR count). The van der Waals surface area contributed by atoms with Gasteiger partial charge < -0.3 is 4.74 Å². The summed E-state index contributed by atoms with van der Waals surface area (Å²) in [5, 5.41) is 0. The fraction of sp³-hybridized carbons (Fsp3) is 0.889. The van der Waals surface area contributed by atoms with E-state index in [1.54, 1.807) is 0 Å². The van der Waals surface area contributed by atoms with Gasteiger partial charge in [0, 0.05) is 12.8 Å². The molecule has 0 saturated heterocycles. The molecule has 0 bridgehead atoms. The molecule has 2 nitrogen and oxygen atoms in total. The fourth-order valence-electron chi connectivity index (χ4n) is 0.854. The van der Waals surface area contributed by atoms with E-state index in [9.17, 15) is 4.79 Å². The van der Waals surface area contributed by atoms with Gasteiger partial charge in [0.1, 0.15) is 0 Å². The van der Waals surface area contributed by atoms with Crippen LogP contribution in [-0.4, -0.2) is 16.4 Å². The van der Waals surface area contributed by atoms with E-state index < -0.39 is 3.79 Å². The first-order valence-electron chi connectivity index (χ1n) is 4.68. The summed E-state index contributed by atoms with van der Waals surface area (Å²) in [7, 11) is 0. The number of ether oxygens (including phenoxy) is 1. The SMILES string of the molecule is CCCCCOC(=O)CCC(Cl)(Cl)Cl. The van der Waals surface area contributed by atoms with E-state index in [4.69, 9.17) is 39.5 Å². The summed E-state index contributed by atoms with van der Waals surface area (Å²) >= 11 is 16.5. The van der Waals surface area contributed by atoms with Crippen molar-refractivity contribution in [2.24, 2.45) is 0 Å². The van der Waals surface area contributed by atoms with Crippen molar-refractivity contribution >= 4 is 40.8 Å². The van der Waals surface area contributed by atoms with Crippen LogP contribution in [0.25, 0.3) is 0 Å². The highest BCUT2D eigenvalue weighted by molar-refractivity contribution is 6.67. The lowest BCUT2D eigenvalue weighted by molar-refractivity contribution is -0.143. The molecule has 0 radical (unpaired) electrons. The van der Waals surface area contributed by atoms with Crippen molar-refractivity contribution in [1.82, 2.24) is 0 Å². The van der Waals surface area contributed by atoms with E-state index >= 15 is 0 Å². The maximum atomic E-state index is 11.1. The van der Waals surface area contributed by atoms with Crippen LogP contribution in [0.2, 0.25) is 0 Å². The Balaban J connectivity index is 3.38. The van der Waals surface area contributed by atoms with Crippen LogP contribution in [0.5, 0.6) is 0 Å². The number of hydrogen-bond acceptors (Lipinski definition) is 2. The first kappa shape index (κ1) is 14.3. The third-order valence-electron chi connectivity index (χ3n) is 1.62. The van der Waals surface area contributed by atoms with Crippen LogP contribution >= 0.6 is 34.8 Å². The molecule has 5 heteroatoms. The van der Waals surface area contributed by atoms with Gasteiger partial charge >= 0.3 is 5.97 Å². The van der Waals surface area contributed by atoms with Gasteiger partial charge in [0.15, 0.2) is 3.79 Å². The predicted octanol–water partition coefficient (Wildman–Crippen LogP) is 3.87. The first-order valence-corrected chi connectivity index (χ1v) is 5.81. The van der Waals surface area contributed by atoms with Crippen molar-refractivity contribution < 1.29 is 9.53 Å². The Morgan fingerprint density at radius 3 is 2.43 bits per heavy atom. The van der Waals surface area contributed by atoms with Gasteiger partial charge in [-0.15, -0.1) is 0 Å². The molecule has 0 aliphatic heterocycles. The van der Waals surface area contributed by atoms with Crippen LogP contribution < -0.4 is 0 Å². The molecular weight excluding hydrogens is 246 g/mol. The summed E-state index contributed by atoms with van der Waals surface area (Å²) in [5.74, 6) is -0.299. The van der Waals surface area contributed by atoms with Crippen molar-refractivity contribution in [2.75, 3.05) is 6.61 Å². The van der Waals surface area contributed by atoms with Crippen LogP contribution in [0, 0.1) is 0 Å². The minimum absolute atomic E-state index is 0.155. The van der Waals surface area contributed by atoms with Gasteiger partial charge in [-0.25, -0.2) is 0 Å². The number of hydrogen-bond donors (Lipinski definition) is 0. The minimum Gasteiger partial charge on any atom is -0.466 e. The van der Waals surface area contributed by atoms with Gasteiger partial charge in [-0.3, -0.25) is 4.79 Å². The monoisotopic (exact) mass is 260 g/mol. The van der Waals surface area contributed by atoms with Crippen LogP contribution in [-0.2, 0) is 9.53 Å². The van der Waals surface area contributed by atoms with Crippen LogP contribution in [0.4, 0.5) is 0 Å². The van der Waals surface area contributed by atoms with Crippen molar-refractivity contribution in [1.29, 1.82) is 0 Å². The summed E-state index contributed by atoms with van der Waals surface area (Å²) in [6, 6.07) is 0. The number of alkyl halides is 3. The van der Waals surface area contributed by atoms with E-state index in [2.05, 4.69) is 6.92 Å². The molecule has 0 amide bonds. The zero-order valence-electron chi connectivity index (χ0n) is 8.19. The Labute approximate surface area is 99.8 Å². The molecule has 0 aromatic heterocycles. The van der Waals surface area contributed by atoms with Crippen molar-refractivity contribution in [3.05, 3.63) is 0 Å². The van der Waals surface area contributed by atoms with E-state index in [1.165, 1.54) is 0 Å². The largest absolute Gasteiger partial charge is 0.466 e. The van der Waals surface area contributed by atoms with E-state index in [0.29, 0.717) is 6.61 Å². The number of rotatable bonds is 6. The summed E-state index contributed by atoms with van der Waals surface area (Å²) in [5.41, 5.74) is 0. The van der Waals surface area contributed by atoms with Crippen molar-refractivity contribution in [2.45, 2.75) is 42.8 Å². The molecule has 84 valence electrons. The Kier molecular flexibility index (Phi) is 7.79. The molecule has 0 aliphatic carbocycles. The second kappa shape index (κ2) is 7.61. The third-order valence-corrected chi connectivity index (χ3v) is 2.19. The summed E-state index contributed by atoms with van der Waals surface area (Å²) in [6.07, 6.45) is 3.42. The van der Waals surface area contributed by atoms with Gasteiger partial charge in [0.25, 0.3) is 0 Å². The third kappa shape index (κ3) is 10.4. The zero-order chi connectivity index (χ0) is 11.0. The molecule has 0 heterocycles. The van der Waals surface area contributed by atoms with E-state index in [1.807, 2.05) is 0 Å². The molecule has 0 aliphatic rings. The van der Waals surface area contributed by atoms with E-state index in [-0.39, 0.29) is 18.8 Å². The second-order valence-electron chi connectivity index (χ2n) is 3.04. The Bertz CT molecular complexity index is 166. The molecule has 0 N–H and O–H groups in total. The standard InChI is InChI=1S/C9H15Cl3O2/c1-2-3-4-7-14-8(13)5-6-9(10,11)12/h2-7H2,1H3. The van der Waals surface area contributed by atoms with Gasteiger partial charge in [-0.2, -0.15) is 0 Å². The van der Waals surface area contributed by atoms with Crippen LogP contribution in [0.1, 0.15) is 39.0 Å². The second-order valence-corrected chi connectivity index (χ2v) is 5.56. The van der Waals surface area contributed by atoms with Gasteiger partial charge in [0.05, 0.1) is 6.61 Å².